The monoisotopic (exact) mass is 286 g/mol. The third-order valence-electron chi connectivity index (χ3n) is 3.68. The molecule has 0 bridgehead atoms. The number of H-pyrrole nitrogens is 1. The largest absolute Gasteiger partial charge is 0.384 e. The van der Waals surface area contributed by atoms with E-state index in [0.717, 1.165) is 33.4 Å². The molecule has 22 heavy (non-hydrogen) atoms. The minimum absolute atomic E-state index is 0.513. The van der Waals surface area contributed by atoms with Gasteiger partial charge in [-0.3, -0.25) is 0 Å². The number of hydrogen-bond acceptors (Lipinski definition) is 3. The second-order valence-corrected chi connectivity index (χ2v) is 5.14. The van der Waals surface area contributed by atoms with E-state index >= 15 is 0 Å². The molecule has 0 saturated heterocycles. The molecule has 4 aromatic rings. The number of benzene rings is 1. The van der Waals surface area contributed by atoms with Crippen molar-refractivity contribution in [3.05, 3.63) is 67.0 Å². The number of hydrogen-bond donors (Lipinski definition) is 2. The normalized spacial score (nSPS) is 10.9. The minimum Gasteiger partial charge on any atom is -0.384 e. The van der Waals surface area contributed by atoms with E-state index in [0.29, 0.717) is 5.82 Å². The van der Waals surface area contributed by atoms with E-state index in [-0.39, 0.29) is 0 Å². The van der Waals surface area contributed by atoms with Gasteiger partial charge in [-0.25, -0.2) is 9.97 Å². The van der Waals surface area contributed by atoms with Crippen molar-refractivity contribution in [3.63, 3.8) is 0 Å². The second-order valence-electron chi connectivity index (χ2n) is 5.14. The Morgan fingerprint density at radius 2 is 1.77 bits per heavy atom. The summed E-state index contributed by atoms with van der Waals surface area (Å²) in [5.41, 5.74) is 10.7. The Morgan fingerprint density at radius 3 is 2.59 bits per heavy atom. The van der Waals surface area contributed by atoms with E-state index in [1.165, 1.54) is 0 Å². The summed E-state index contributed by atoms with van der Waals surface area (Å²) in [5.74, 6) is 0.513. The van der Waals surface area contributed by atoms with Gasteiger partial charge in [0, 0.05) is 28.9 Å². The SMILES string of the molecule is Nc1cccc(-c2c[nH]c3ncc(-c4ccccc4)cc23)n1. The highest BCUT2D eigenvalue weighted by Gasteiger charge is 2.10. The number of anilines is 1. The quantitative estimate of drug-likeness (QED) is 0.587. The lowest BCUT2D eigenvalue weighted by Crippen LogP contribution is -1.90. The average molecular weight is 286 g/mol. The summed E-state index contributed by atoms with van der Waals surface area (Å²) >= 11 is 0. The number of rotatable bonds is 2. The predicted molar refractivity (Wildman–Crippen MR) is 89.2 cm³/mol. The van der Waals surface area contributed by atoms with Gasteiger partial charge in [-0.15, -0.1) is 0 Å². The smallest absolute Gasteiger partial charge is 0.137 e. The van der Waals surface area contributed by atoms with Crippen LogP contribution in [0.15, 0.2) is 67.0 Å². The van der Waals surface area contributed by atoms with Crippen molar-refractivity contribution < 1.29 is 0 Å². The average Bonchev–Trinajstić information content (AvgIpc) is 2.99. The molecule has 0 amide bonds. The molecule has 0 aliphatic heterocycles. The van der Waals surface area contributed by atoms with Gasteiger partial charge in [-0.2, -0.15) is 0 Å². The molecular weight excluding hydrogens is 272 g/mol. The van der Waals surface area contributed by atoms with Crippen LogP contribution in [0.3, 0.4) is 0 Å². The van der Waals surface area contributed by atoms with Crippen LogP contribution in [0.4, 0.5) is 5.82 Å². The zero-order valence-corrected chi connectivity index (χ0v) is 11.8. The molecule has 0 aliphatic rings. The van der Waals surface area contributed by atoms with Crippen molar-refractivity contribution in [2.24, 2.45) is 0 Å². The summed E-state index contributed by atoms with van der Waals surface area (Å²) < 4.78 is 0. The molecule has 0 radical (unpaired) electrons. The highest BCUT2D eigenvalue weighted by Crippen LogP contribution is 2.30. The van der Waals surface area contributed by atoms with E-state index < -0.39 is 0 Å². The van der Waals surface area contributed by atoms with E-state index in [9.17, 15) is 0 Å². The summed E-state index contributed by atoms with van der Waals surface area (Å²) in [6.07, 6.45) is 3.80. The fraction of sp³-hybridized carbons (Fsp3) is 0. The summed E-state index contributed by atoms with van der Waals surface area (Å²) in [4.78, 5) is 12.1. The minimum atomic E-state index is 0.513. The zero-order chi connectivity index (χ0) is 14.9. The topological polar surface area (TPSA) is 67.6 Å². The summed E-state index contributed by atoms with van der Waals surface area (Å²) in [7, 11) is 0. The van der Waals surface area contributed by atoms with Gasteiger partial charge in [0.2, 0.25) is 0 Å². The van der Waals surface area contributed by atoms with Crippen LogP contribution in [-0.4, -0.2) is 15.0 Å². The van der Waals surface area contributed by atoms with Gasteiger partial charge >= 0.3 is 0 Å². The number of nitrogens with zero attached hydrogens (tertiary/aromatic N) is 2. The first-order valence-electron chi connectivity index (χ1n) is 7.07. The zero-order valence-electron chi connectivity index (χ0n) is 11.8. The lowest BCUT2D eigenvalue weighted by Gasteiger charge is -2.03. The highest BCUT2D eigenvalue weighted by atomic mass is 14.9. The predicted octanol–water partition coefficient (Wildman–Crippen LogP) is 3.87. The Balaban J connectivity index is 1.91. The first-order chi connectivity index (χ1) is 10.8. The van der Waals surface area contributed by atoms with Crippen LogP contribution in [0.1, 0.15) is 0 Å². The third kappa shape index (κ3) is 2.11. The lowest BCUT2D eigenvalue weighted by molar-refractivity contribution is 1.32. The van der Waals surface area contributed by atoms with Gasteiger partial charge < -0.3 is 10.7 Å². The molecule has 3 N–H and O–H groups in total. The number of nitrogen functional groups attached to an aromatic ring is 1. The number of aromatic amines is 1. The Kier molecular flexibility index (Phi) is 2.86. The van der Waals surface area contributed by atoms with Crippen molar-refractivity contribution in [1.29, 1.82) is 0 Å². The number of nitrogens with two attached hydrogens (primary N) is 1. The molecule has 106 valence electrons. The van der Waals surface area contributed by atoms with E-state index in [1.807, 2.05) is 42.7 Å². The lowest BCUT2D eigenvalue weighted by atomic mass is 10.0. The molecule has 4 nitrogen and oxygen atoms in total. The molecule has 1 aromatic carbocycles. The molecule has 3 heterocycles. The van der Waals surface area contributed by atoms with Crippen LogP contribution in [0.5, 0.6) is 0 Å². The number of pyridine rings is 2. The van der Waals surface area contributed by atoms with Gasteiger partial charge in [0.15, 0.2) is 0 Å². The van der Waals surface area contributed by atoms with Crippen molar-refractivity contribution in [3.8, 4) is 22.4 Å². The second kappa shape index (κ2) is 5.00. The molecule has 0 unspecified atom stereocenters. The van der Waals surface area contributed by atoms with Crippen LogP contribution < -0.4 is 5.73 Å². The van der Waals surface area contributed by atoms with Crippen molar-refractivity contribution in [2.45, 2.75) is 0 Å². The van der Waals surface area contributed by atoms with Gasteiger partial charge in [-0.05, 0) is 23.8 Å². The van der Waals surface area contributed by atoms with Gasteiger partial charge in [-0.1, -0.05) is 36.4 Å². The maximum absolute atomic E-state index is 5.79. The molecule has 0 aliphatic carbocycles. The first-order valence-corrected chi connectivity index (χ1v) is 7.07. The summed E-state index contributed by atoms with van der Waals surface area (Å²) in [6, 6.07) is 18.0. The molecule has 0 saturated carbocycles. The maximum Gasteiger partial charge on any atom is 0.137 e. The van der Waals surface area contributed by atoms with E-state index in [4.69, 9.17) is 5.73 Å². The first kappa shape index (κ1) is 12.6. The van der Waals surface area contributed by atoms with Crippen LogP contribution in [-0.2, 0) is 0 Å². The molecule has 3 aromatic heterocycles. The number of nitrogens with one attached hydrogen (secondary N) is 1. The summed E-state index contributed by atoms with van der Waals surface area (Å²) in [5, 5.41) is 1.04. The fourth-order valence-electron chi connectivity index (χ4n) is 2.61. The van der Waals surface area contributed by atoms with E-state index in [2.05, 4.69) is 33.2 Å². The third-order valence-corrected chi connectivity index (χ3v) is 3.68. The van der Waals surface area contributed by atoms with Crippen molar-refractivity contribution >= 4 is 16.9 Å². The molecule has 0 spiro atoms. The Morgan fingerprint density at radius 1 is 0.909 bits per heavy atom. The van der Waals surface area contributed by atoms with Gasteiger partial charge in [0.25, 0.3) is 0 Å². The van der Waals surface area contributed by atoms with Crippen LogP contribution in [0.25, 0.3) is 33.4 Å². The van der Waals surface area contributed by atoms with Gasteiger partial charge in [0.05, 0.1) is 5.69 Å². The van der Waals surface area contributed by atoms with Crippen molar-refractivity contribution in [2.75, 3.05) is 5.73 Å². The molecule has 4 heteroatoms. The van der Waals surface area contributed by atoms with Crippen molar-refractivity contribution in [1.82, 2.24) is 15.0 Å². The Hall–Kier alpha value is -3.14. The number of fused-ring (bicyclic) bond motifs is 1. The summed E-state index contributed by atoms with van der Waals surface area (Å²) in [6.45, 7) is 0. The van der Waals surface area contributed by atoms with Crippen LogP contribution in [0, 0.1) is 0 Å². The highest BCUT2D eigenvalue weighted by molar-refractivity contribution is 5.95. The van der Waals surface area contributed by atoms with E-state index in [1.54, 1.807) is 6.07 Å². The Labute approximate surface area is 127 Å². The molecular formula is C18H14N4. The van der Waals surface area contributed by atoms with Crippen LogP contribution in [0.2, 0.25) is 0 Å². The standard InChI is InChI=1S/C18H14N4/c19-17-8-4-7-16(22-17)15-11-21-18-14(15)9-13(10-20-18)12-5-2-1-3-6-12/h1-11H,(H2,19,22)(H,20,21). The molecule has 0 atom stereocenters. The van der Waals surface area contributed by atoms with Crippen LogP contribution >= 0.6 is 0 Å². The number of aromatic nitrogens is 3. The fourth-order valence-corrected chi connectivity index (χ4v) is 2.61. The maximum atomic E-state index is 5.79. The molecule has 4 rings (SSSR count). The van der Waals surface area contributed by atoms with Gasteiger partial charge in [0.1, 0.15) is 11.5 Å². The molecule has 0 fully saturated rings. The Bertz CT molecular complexity index is 942.